The third-order valence-electron chi connectivity index (χ3n) is 6.08. The maximum atomic E-state index is 12.6. The quantitative estimate of drug-likeness (QED) is 0.491. The number of halogens is 1. The largest absolute Gasteiger partial charge is 0.497 e. The van der Waals surface area contributed by atoms with E-state index in [1.807, 2.05) is 60.4 Å². The molecule has 1 aliphatic rings. The Morgan fingerprint density at radius 1 is 1.09 bits per heavy atom. The van der Waals surface area contributed by atoms with Crippen molar-refractivity contribution < 1.29 is 14.3 Å². The summed E-state index contributed by atoms with van der Waals surface area (Å²) in [5.74, 6) is 1.22. The van der Waals surface area contributed by atoms with Gasteiger partial charge in [-0.3, -0.25) is 9.69 Å². The summed E-state index contributed by atoms with van der Waals surface area (Å²) in [7, 11) is 1.67. The number of benzene rings is 2. The smallest absolute Gasteiger partial charge is 0.225 e. The molecule has 1 heterocycles. The molecule has 0 unspecified atom stereocenters. The zero-order chi connectivity index (χ0) is 22.9. The fraction of sp³-hybridized carbons (Fsp3) is 0.500. The van der Waals surface area contributed by atoms with Crippen LogP contribution in [0, 0.1) is 5.92 Å². The molecule has 0 N–H and O–H groups in total. The Kier molecular flexibility index (Phi) is 9.39. The molecule has 2 aromatic rings. The summed E-state index contributed by atoms with van der Waals surface area (Å²) < 4.78 is 11.7. The van der Waals surface area contributed by atoms with Crippen LogP contribution >= 0.6 is 11.6 Å². The molecule has 5 nitrogen and oxygen atoms in total. The molecule has 0 bridgehead atoms. The molecule has 2 atom stereocenters. The Morgan fingerprint density at radius 3 is 2.47 bits per heavy atom. The second kappa shape index (κ2) is 12.2. The highest BCUT2D eigenvalue weighted by Gasteiger charge is 2.26. The Balaban J connectivity index is 1.62. The highest BCUT2D eigenvalue weighted by molar-refractivity contribution is 6.30. The van der Waals surface area contributed by atoms with E-state index in [1.165, 1.54) is 0 Å². The van der Waals surface area contributed by atoms with Crippen LogP contribution in [0.25, 0.3) is 0 Å². The summed E-state index contributed by atoms with van der Waals surface area (Å²) in [4.78, 5) is 17.0. The predicted octanol–water partition coefficient (Wildman–Crippen LogP) is 5.19. The summed E-state index contributed by atoms with van der Waals surface area (Å²) in [6.45, 7) is 8.71. The maximum Gasteiger partial charge on any atom is 0.225 e. The lowest BCUT2D eigenvalue weighted by Gasteiger charge is -2.37. The van der Waals surface area contributed by atoms with E-state index < -0.39 is 0 Å². The van der Waals surface area contributed by atoms with Gasteiger partial charge in [0.25, 0.3) is 0 Å². The summed E-state index contributed by atoms with van der Waals surface area (Å²) in [5, 5.41) is 0.716. The van der Waals surface area contributed by atoms with Gasteiger partial charge in [-0.2, -0.15) is 0 Å². The van der Waals surface area contributed by atoms with Crippen LogP contribution in [0.15, 0.2) is 48.5 Å². The average Bonchev–Trinajstić information content (AvgIpc) is 2.82. The van der Waals surface area contributed by atoms with Gasteiger partial charge in [0.2, 0.25) is 5.91 Å². The number of rotatable bonds is 10. The van der Waals surface area contributed by atoms with Crippen molar-refractivity contribution in [3.63, 3.8) is 0 Å². The molecule has 1 amide bonds. The zero-order valence-corrected chi connectivity index (χ0v) is 20.2. The minimum absolute atomic E-state index is 0.0836. The number of piperazine rings is 1. The number of nitrogens with zero attached hydrogens (tertiary/aromatic N) is 2. The van der Waals surface area contributed by atoms with E-state index >= 15 is 0 Å². The average molecular weight is 459 g/mol. The molecule has 2 aromatic carbocycles. The van der Waals surface area contributed by atoms with E-state index in [2.05, 4.69) is 11.8 Å². The standard InChI is InChI=1S/C26H35ClN2O3/c1-4-6-20(2)26(30)29-15-13-28(14-16-29)18-25(22-9-11-23(27)12-10-22)32-19-21-7-5-8-24(17-21)31-3/h5,7-12,17,20,25H,4,6,13-16,18-19H2,1-3H3/t20-,25+/m1/s1. The van der Waals surface area contributed by atoms with Gasteiger partial charge < -0.3 is 14.4 Å². The predicted molar refractivity (Wildman–Crippen MR) is 129 cm³/mol. The van der Waals surface area contributed by atoms with Crippen LogP contribution in [0.5, 0.6) is 5.75 Å². The van der Waals surface area contributed by atoms with E-state index in [0.29, 0.717) is 11.6 Å². The zero-order valence-electron chi connectivity index (χ0n) is 19.4. The fourth-order valence-electron chi connectivity index (χ4n) is 4.14. The number of methoxy groups -OCH3 is 1. The highest BCUT2D eigenvalue weighted by atomic mass is 35.5. The van der Waals surface area contributed by atoms with Gasteiger partial charge in [-0.25, -0.2) is 0 Å². The Bertz CT molecular complexity index is 850. The van der Waals surface area contributed by atoms with Crippen molar-refractivity contribution in [2.75, 3.05) is 39.8 Å². The minimum Gasteiger partial charge on any atom is -0.497 e. The molecule has 1 aliphatic heterocycles. The van der Waals surface area contributed by atoms with Crippen LogP contribution in [0.4, 0.5) is 0 Å². The van der Waals surface area contributed by atoms with Crippen LogP contribution < -0.4 is 4.74 Å². The highest BCUT2D eigenvalue weighted by Crippen LogP contribution is 2.24. The van der Waals surface area contributed by atoms with Crippen LogP contribution in [0.1, 0.15) is 43.9 Å². The fourth-order valence-corrected chi connectivity index (χ4v) is 4.27. The number of ether oxygens (including phenoxy) is 2. The van der Waals surface area contributed by atoms with Gasteiger partial charge in [-0.15, -0.1) is 0 Å². The van der Waals surface area contributed by atoms with Crippen molar-refractivity contribution in [1.82, 2.24) is 9.80 Å². The maximum absolute atomic E-state index is 12.6. The molecule has 6 heteroatoms. The topological polar surface area (TPSA) is 42.0 Å². The molecule has 0 aliphatic carbocycles. The molecular formula is C26H35ClN2O3. The third kappa shape index (κ3) is 6.96. The lowest BCUT2D eigenvalue weighted by Crippen LogP contribution is -2.50. The number of hydrogen-bond donors (Lipinski definition) is 0. The third-order valence-corrected chi connectivity index (χ3v) is 6.33. The molecule has 174 valence electrons. The first-order valence-corrected chi connectivity index (χ1v) is 11.9. The van der Waals surface area contributed by atoms with Gasteiger partial charge in [0.1, 0.15) is 5.75 Å². The second-order valence-corrected chi connectivity index (χ2v) is 8.95. The van der Waals surface area contributed by atoms with Crippen LogP contribution in [-0.2, 0) is 16.1 Å². The normalized spacial score (nSPS) is 16.6. The van der Waals surface area contributed by atoms with Crippen molar-refractivity contribution in [2.24, 2.45) is 5.92 Å². The van der Waals surface area contributed by atoms with Gasteiger partial charge in [0, 0.05) is 43.7 Å². The summed E-state index contributed by atoms with van der Waals surface area (Å²) in [6.07, 6.45) is 1.91. The van der Waals surface area contributed by atoms with E-state index in [4.69, 9.17) is 21.1 Å². The molecule has 0 aromatic heterocycles. The SMILES string of the molecule is CCC[C@@H](C)C(=O)N1CCN(C[C@H](OCc2cccc(OC)c2)c2ccc(Cl)cc2)CC1. The van der Waals surface area contributed by atoms with Crippen molar-refractivity contribution >= 4 is 17.5 Å². The number of carbonyl (C=O) groups excluding carboxylic acids is 1. The number of carbonyl (C=O) groups is 1. The van der Waals surface area contributed by atoms with E-state index in [1.54, 1.807) is 7.11 Å². The molecule has 32 heavy (non-hydrogen) atoms. The summed E-state index contributed by atoms with van der Waals surface area (Å²) >= 11 is 6.11. The Hall–Kier alpha value is -2.08. The van der Waals surface area contributed by atoms with Crippen LogP contribution in [0.2, 0.25) is 5.02 Å². The molecule has 0 spiro atoms. The summed E-state index contributed by atoms with van der Waals surface area (Å²) in [5.41, 5.74) is 2.18. The van der Waals surface area contributed by atoms with Crippen LogP contribution in [-0.4, -0.2) is 55.5 Å². The van der Waals surface area contributed by atoms with Gasteiger partial charge in [-0.1, -0.05) is 56.1 Å². The number of amides is 1. The second-order valence-electron chi connectivity index (χ2n) is 8.52. The van der Waals surface area contributed by atoms with Gasteiger partial charge in [0.15, 0.2) is 0 Å². The molecular weight excluding hydrogens is 424 g/mol. The molecule has 1 saturated heterocycles. The van der Waals surface area contributed by atoms with E-state index in [9.17, 15) is 4.79 Å². The van der Waals surface area contributed by atoms with E-state index in [0.717, 1.165) is 62.4 Å². The van der Waals surface area contributed by atoms with Crippen molar-refractivity contribution in [3.8, 4) is 5.75 Å². The first-order valence-electron chi connectivity index (χ1n) is 11.5. The summed E-state index contributed by atoms with van der Waals surface area (Å²) in [6, 6.07) is 15.8. The lowest BCUT2D eigenvalue weighted by atomic mass is 10.0. The lowest BCUT2D eigenvalue weighted by molar-refractivity contribution is -0.137. The first kappa shape index (κ1) is 24.6. The van der Waals surface area contributed by atoms with Gasteiger partial charge in [0.05, 0.1) is 19.8 Å². The molecule has 1 fully saturated rings. The Morgan fingerprint density at radius 2 is 1.81 bits per heavy atom. The monoisotopic (exact) mass is 458 g/mol. The molecule has 3 rings (SSSR count). The van der Waals surface area contributed by atoms with Gasteiger partial charge >= 0.3 is 0 Å². The van der Waals surface area contributed by atoms with Gasteiger partial charge in [-0.05, 0) is 41.8 Å². The van der Waals surface area contributed by atoms with Crippen molar-refractivity contribution in [3.05, 3.63) is 64.7 Å². The van der Waals surface area contributed by atoms with E-state index in [-0.39, 0.29) is 17.9 Å². The first-order chi connectivity index (χ1) is 15.5. The Labute approximate surface area is 197 Å². The van der Waals surface area contributed by atoms with Crippen molar-refractivity contribution in [1.29, 1.82) is 0 Å². The molecule has 0 radical (unpaired) electrons. The minimum atomic E-state index is -0.0836. The van der Waals surface area contributed by atoms with Crippen LogP contribution in [0.3, 0.4) is 0 Å². The number of hydrogen-bond acceptors (Lipinski definition) is 4. The van der Waals surface area contributed by atoms with Crippen molar-refractivity contribution in [2.45, 2.75) is 39.4 Å². The molecule has 0 saturated carbocycles.